The Morgan fingerprint density at radius 2 is 2.22 bits per heavy atom. The van der Waals surface area contributed by atoms with Gasteiger partial charge in [-0.1, -0.05) is 43.7 Å². The molecule has 0 bridgehead atoms. The number of aliphatic hydroxyl groups is 1. The minimum absolute atomic E-state index is 0.138. The van der Waals surface area contributed by atoms with E-state index >= 15 is 0 Å². The summed E-state index contributed by atoms with van der Waals surface area (Å²) in [5.41, 5.74) is 8.12. The molecule has 0 aliphatic heterocycles. The summed E-state index contributed by atoms with van der Waals surface area (Å²) in [5, 5.41) is 20.7. The number of amides is 1. The van der Waals surface area contributed by atoms with Gasteiger partial charge in [-0.05, 0) is 32.0 Å². The lowest BCUT2D eigenvalue weighted by Gasteiger charge is -2.20. The summed E-state index contributed by atoms with van der Waals surface area (Å²) in [6.45, 7) is 8.09. The molecular weight excluding hydrogens is 290 g/mol. The van der Waals surface area contributed by atoms with E-state index in [4.69, 9.17) is 11.1 Å². The predicted molar refractivity (Wildman–Crippen MR) is 94.0 cm³/mol. The molecule has 23 heavy (non-hydrogen) atoms. The van der Waals surface area contributed by atoms with Crippen LogP contribution in [0.3, 0.4) is 0 Å². The van der Waals surface area contributed by atoms with Gasteiger partial charge in [0.15, 0.2) is 0 Å². The van der Waals surface area contributed by atoms with Gasteiger partial charge in [-0.15, -0.1) is 0 Å². The highest BCUT2D eigenvalue weighted by Gasteiger charge is 2.22. The molecule has 1 aliphatic rings. The molecule has 5 N–H and O–H groups in total. The number of hydrogen-bond donors (Lipinski definition) is 4. The first-order valence-corrected chi connectivity index (χ1v) is 7.83. The quantitative estimate of drug-likeness (QED) is 0.328. The van der Waals surface area contributed by atoms with Gasteiger partial charge < -0.3 is 16.2 Å². The molecule has 1 amide bonds. The molecule has 0 fully saturated rings. The van der Waals surface area contributed by atoms with Gasteiger partial charge in [-0.2, -0.15) is 0 Å². The Balaban J connectivity index is 3.11. The van der Waals surface area contributed by atoms with Gasteiger partial charge in [0.1, 0.15) is 6.23 Å². The van der Waals surface area contributed by atoms with Crippen LogP contribution < -0.4 is 11.1 Å². The molecule has 0 aromatic heterocycles. The summed E-state index contributed by atoms with van der Waals surface area (Å²) in [5.74, 6) is -0.875. The zero-order chi connectivity index (χ0) is 17.6. The molecule has 0 aromatic rings. The smallest absolute Gasteiger partial charge is 0.245 e. The zero-order valence-corrected chi connectivity index (χ0v) is 14.3. The maximum absolute atomic E-state index is 11.7. The third kappa shape index (κ3) is 5.30. The second-order valence-electron chi connectivity index (χ2n) is 5.81. The van der Waals surface area contributed by atoms with Crippen molar-refractivity contribution < 1.29 is 9.90 Å². The van der Waals surface area contributed by atoms with E-state index in [1.54, 1.807) is 6.92 Å². The number of allylic oxidation sites excluding steroid dienone is 5. The number of carbonyl (C=O) groups excluding carboxylic acids is 1. The molecule has 5 heteroatoms. The number of nitrogens with one attached hydrogen (secondary N) is 2. The summed E-state index contributed by atoms with van der Waals surface area (Å²) in [6.07, 6.45) is 8.59. The Labute approximate surface area is 138 Å². The lowest BCUT2D eigenvalue weighted by Crippen LogP contribution is -2.34. The van der Waals surface area contributed by atoms with Gasteiger partial charge in [-0.3, -0.25) is 10.1 Å². The zero-order valence-electron chi connectivity index (χ0n) is 14.3. The standard InChI is InChI=1S/C18H27N3O2/c1-5-21-18(23)14-7-6-8-15(11(2)9-14)13(4)16(17(20)22)10-12(3)19/h6-10,13-14,18-19,21,23H,5H2,1-4H3,(H2,20,22)/b16-10-,19-12?. The Morgan fingerprint density at radius 1 is 1.57 bits per heavy atom. The highest BCUT2D eigenvalue weighted by molar-refractivity contribution is 6.02. The Bertz CT molecular complexity index is 585. The Hall–Kier alpha value is -1.98. The van der Waals surface area contributed by atoms with Crippen molar-refractivity contribution in [2.45, 2.75) is 33.9 Å². The molecule has 0 saturated heterocycles. The topological polar surface area (TPSA) is 99.2 Å². The predicted octanol–water partition coefficient (Wildman–Crippen LogP) is 2.06. The van der Waals surface area contributed by atoms with Crippen molar-refractivity contribution in [1.82, 2.24) is 5.32 Å². The molecule has 0 radical (unpaired) electrons. The van der Waals surface area contributed by atoms with Crippen molar-refractivity contribution in [3.63, 3.8) is 0 Å². The van der Waals surface area contributed by atoms with Crippen molar-refractivity contribution in [2.24, 2.45) is 17.6 Å². The highest BCUT2D eigenvalue weighted by atomic mass is 16.3. The second kappa shape index (κ2) is 8.60. The van der Waals surface area contributed by atoms with E-state index in [1.165, 1.54) is 6.08 Å². The van der Waals surface area contributed by atoms with E-state index < -0.39 is 12.1 Å². The molecule has 0 aromatic carbocycles. The fraction of sp³-hybridized carbons (Fsp3) is 0.444. The largest absolute Gasteiger partial charge is 0.378 e. The van der Waals surface area contributed by atoms with Gasteiger partial charge in [0.25, 0.3) is 0 Å². The molecule has 0 heterocycles. The SMILES string of the molecule is CCNC(O)C1C=CC=C(C(C)/C(=C/C(C)=N)C(N)=O)C(C)=C1. The summed E-state index contributed by atoms with van der Waals surface area (Å²) >= 11 is 0. The van der Waals surface area contributed by atoms with Crippen molar-refractivity contribution in [1.29, 1.82) is 5.41 Å². The van der Waals surface area contributed by atoms with Gasteiger partial charge in [0.05, 0.1) is 0 Å². The van der Waals surface area contributed by atoms with Crippen LogP contribution >= 0.6 is 0 Å². The van der Waals surface area contributed by atoms with Crippen molar-refractivity contribution in [3.8, 4) is 0 Å². The third-order valence-electron chi connectivity index (χ3n) is 3.87. The van der Waals surface area contributed by atoms with Crippen LogP contribution in [0.2, 0.25) is 0 Å². The molecule has 1 rings (SSSR count). The van der Waals surface area contributed by atoms with E-state index in [1.807, 2.05) is 45.1 Å². The minimum Gasteiger partial charge on any atom is -0.378 e. The first-order chi connectivity index (χ1) is 10.8. The number of nitrogens with two attached hydrogens (primary N) is 1. The maximum atomic E-state index is 11.7. The second-order valence-corrected chi connectivity index (χ2v) is 5.81. The average molecular weight is 317 g/mol. The van der Waals surface area contributed by atoms with Crippen LogP contribution in [0.5, 0.6) is 0 Å². The van der Waals surface area contributed by atoms with Crippen LogP contribution in [0.15, 0.2) is 47.1 Å². The van der Waals surface area contributed by atoms with E-state index in [-0.39, 0.29) is 17.5 Å². The maximum Gasteiger partial charge on any atom is 0.245 e. The lowest BCUT2D eigenvalue weighted by molar-refractivity contribution is -0.114. The van der Waals surface area contributed by atoms with E-state index in [0.29, 0.717) is 12.1 Å². The fourth-order valence-electron chi connectivity index (χ4n) is 2.70. The number of rotatable bonds is 7. The van der Waals surface area contributed by atoms with Crippen LogP contribution in [0.1, 0.15) is 27.7 Å². The van der Waals surface area contributed by atoms with Crippen LogP contribution in [0.4, 0.5) is 0 Å². The summed E-state index contributed by atoms with van der Waals surface area (Å²) in [4.78, 5) is 11.7. The van der Waals surface area contributed by atoms with Gasteiger partial charge >= 0.3 is 0 Å². The molecule has 3 unspecified atom stereocenters. The average Bonchev–Trinajstić information content (AvgIpc) is 2.65. The summed E-state index contributed by atoms with van der Waals surface area (Å²) in [6, 6.07) is 0. The fourth-order valence-corrected chi connectivity index (χ4v) is 2.70. The van der Waals surface area contributed by atoms with Gasteiger partial charge in [-0.25, -0.2) is 0 Å². The van der Waals surface area contributed by atoms with Crippen molar-refractivity contribution >= 4 is 11.6 Å². The molecule has 126 valence electrons. The van der Waals surface area contributed by atoms with E-state index in [0.717, 1.165) is 11.1 Å². The number of aliphatic hydroxyl groups excluding tert-OH is 1. The molecule has 0 spiro atoms. The minimum atomic E-state index is -0.649. The normalized spacial score (nSPS) is 21.1. The van der Waals surface area contributed by atoms with Gasteiger partial charge in [0.2, 0.25) is 5.91 Å². The van der Waals surface area contributed by atoms with Gasteiger partial charge in [0, 0.05) is 23.1 Å². The first kappa shape index (κ1) is 19.1. The summed E-state index contributed by atoms with van der Waals surface area (Å²) < 4.78 is 0. The van der Waals surface area contributed by atoms with Crippen molar-refractivity contribution in [2.75, 3.05) is 6.54 Å². The molecule has 3 atom stereocenters. The lowest BCUT2D eigenvalue weighted by atomic mass is 9.86. The molecule has 0 saturated carbocycles. The Morgan fingerprint density at radius 3 is 2.74 bits per heavy atom. The molecule has 1 aliphatic carbocycles. The van der Waals surface area contributed by atoms with Crippen molar-refractivity contribution in [3.05, 3.63) is 47.1 Å². The number of hydrogen-bond acceptors (Lipinski definition) is 4. The molecule has 5 nitrogen and oxygen atoms in total. The van der Waals surface area contributed by atoms with E-state index in [2.05, 4.69) is 5.32 Å². The Kier molecular flexibility index (Phi) is 7.13. The monoisotopic (exact) mass is 317 g/mol. The van der Waals surface area contributed by atoms with E-state index in [9.17, 15) is 9.90 Å². The number of primary amides is 1. The first-order valence-electron chi connectivity index (χ1n) is 7.83. The molecular formula is C18H27N3O2. The van der Waals surface area contributed by atoms with Crippen LogP contribution in [0.25, 0.3) is 0 Å². The van der Waals surface area contributed by atoms with Crippen LogP contribution in [-0.4, -0.2) is 29.5 Å². The summed E-state index contributed by atoms with van der Waals surface area (Å²) in [7, 11) is 0. The highest BCUT2D eigenvalue weighted by Crippen LogP contribution is 2.29. The number of carbonyl (C=O) groups is 1. The van der Waals surface area contributed by atoms with Crippen LogP contribution in [-0.2, 0) is 4.79 Å². The van der Waals surface area contributed by atoms with Crippen LogP contribution in [0, 0.1) is 17.2 Å². The third-order valence-corrected chi connectivity index (χ3v) is 3.87.